The zero-order valence-electron chi connectivity index (χ0n) is 6.39. The highest BCUT2D eigenvalue weighted by molar-refractivity contribution is 6.19. The van der Waals surface area contributed by atoms with E-state index >= 15 is 0 Å². The van der Waals surface area contributed by atoms with Gasteiger partial charge in [-0.3, -0.25) is 0 Å². The molecular weight excluding hydrogens is 168 g/mol. The number of esters is 1. The number of ether oxygens (including phenoxy) is 2. The van der Waals surface area contributed by atoms with E-state index < -0.39 is 11.8 Å². The van der Waals surface area contributed by atoms with E-state index in [1.54, 1.807) is 13.8 Å². The van der Waals surface area contributed by atoms with Gasteiger partial charge in [0.2, 0.25) is 5.79 Å². The van der Waals surface area contributed by atoms with Crippen molar-refractivity contribution in [2.45, 2.75) is 19.6 Å². The fourth-order valence-electron chi connectivity index (χ4n) is 0.835. The number of hydrogen-bond donors (Lipinski definition) is 0. The summed E-state index contributed by atoms with van der Waals surface area (Å²) in [6.45, 7) is 3.31. The van der Waals surface area contributed by atoms with Crippen LogP contribution in [0.15, 0.2) is 11.8 Å². The van der Waals surface area contributed by atoms with Crippen LogP contribution in [0.3, 0.4) is 0 Å². The van der Waals surface area contributed by atoms with Gasteiger partial charge in [-0.05, 0) is 0 Å². The van der Waals surface area contributed by atoms with Gasteiger partial charge in [-0.1, -0.05) is 0 Å². The van der Waals surface area contributed by atoms with Crippen LogP contribution in [0.5, 0.6) is 0 Å². The lowest BCUT2D eigenvalue weighted by atomic mass is 10.3. The Hall–Kier alpha value is -0.700. The fraction of sp³-hybridized carbons (Fsp3) is 0.571. The third-order valence-electron chi connectivity index (χ3n) is 1.13. The summed E-state index contributed by atoms with van der Waals surface area (Å²) in [7, 11) is 0. The van der Waals surface area contributed by atoms with Crippen LogP contribution in [0.1, 0.15) is 13.8 Å². The van der Waals surface area contributed by atoms with Crippen LogP contribution >= 0.6 is 11.6 Å². The summed E-state index contributed by atoms with van der Waals surface area (Å²) >= 11 is 5.47. The molecule has 1 aliphatic heterocycles. The van der Waals surface area contributed by atoms with E-state index in [0.29, 0.717) is 5.76 Å². The highest BCUT2D eigenvalue weighted by atomic mass is 35.5. The molecule has 0 aromatic carbocycles. The molecule has 1 rings (SSSR count). The van der Waals surface area contributed by atoms with Gasteiger partial charge < -0.3 is 9.47 Å². The van der Waals surface area contributed by atoms with Crippen LogP contribution in [0, 0.1) is 0 Å². The zero-order valence-corrected chi connectivity index (χ0v) is 7.14. The molecule has 0 atom stereocenters. The highest BCUT2D eigenvalue weighted by Crippen LogP contribution is 2.22. The monoisotopic (exact) mass is 176 g/mol. The maximum atomic E-state index is 10.8. The predicted octanol–water partition coefficient (Wildman–Crippen LogP) is 1.42. The van der Waals surface area contributed by atoms with Gasteiger partial charge >= 0.3 is 5.97 Å². The van der Waals surface area contributed by atoms with E-state index in [-0.39, 0.29) is 5.88 Å². The van der Waals surface area contributed by atoms with Crippen molar-refractivity contribution < 1.29 is 14.3 Å². The SMILES string of the molecule is CC1(C)OC(=O)C=C(CCl)O1. The van der Waals surface area contributed by atoms with E-state index in [4.69, 9.17) is 21.1 Å². The quantitative estimate of drug-likeness (QED) is 0.448. The highest BCUT2D eigenvalue weighted by Gasteiger charge is 2.29. The number of carbonyl (C=O) groups is 1. The van der Waals surface area contributed by atoms with Crippen LogP contribution < -0.4 is 0 Å². The third-order valence-corrected chi connectivity index (χ3v) is 1.40. The number of cyclic esters (lactones) is 1. The molecule has 0 aromatic rings. The molecule has 0 radical (unpaired) electrons. The second kappa shape index (κ2) is 2.74. The lowest BCUT2D eigenvalue weighted by Gasteiger charge is -2.29. The van der Waals surface area contributed by atoms with Gasteiger partial charge in [0.15, 0.2) is 0 Å². The maximum absolute atomic E-state index is 10.8. The number of rotatable bonds is 1. The minimum Gasteiger partial charge on any atom is -0.456 e. The van der Waals surface area contributed by atoms with Gasteiger partial charge in [0.05, 0.1) is 12.0 Å². The number of halogens is 1. The van der Waals surface area contributed by atoms with Gasteiger partial charge in [-0.2, -0.15) is 0 Å². The molecule has 0 spiro atoms. The van der Waals surface area contributed by atoms with Crippen molar-refractivity contribution in [3.63, 3.8) is 0 Å². The van der Waals surface area contributed by atoms with Gasteiger partial charge in [0.25, 0.3) is 0 Å². The smallest absolute Gasteiger partial charge is 0.337 e. The summed E-state index contributed by atoms with van der Waals surface area (Å²) in [6, 6.07) is 0. The minimum absolute atomic E-state index is 0.193. The van der Waals surface area contributed by atoms with E-state index in [1.165, 1.54) is 6.08 Å². The average Bonchev–Trinajstić information content (AvgIpc) is 1.83. The van der Waals surface area contributed by atoms with E-state index in [0.717, 1.165) is 0 Å². The lowest BCUT2D eigenvalue weighted by Crippen LogP contribution is -2.34. The molecule has 0 saturated heterocycles. The summed E-state index contributed by atoms with van der Waals surface area (Å²) < 4.78 is 9.99. The fourth-order valence-corrected chi connectivity index (χ4v) is 0.967. The molecule has 11 heavy (non-hydrogen) atoms. The Morgan fingerprint density at radius 1 is 1.55 bits per heavy atom. The molecular formula is C7H9ClO3. The van der Waals surface area contributed by atoms with E-state index in [1.807, 2.05) is 0 Å². The Balaban J connectivity index is 2.78. The van der Waals surface area contributed by atoms with Crippen molar-refractivity contribution in [2.24, 2.45) is 0 Å². The molecule has 0 saturated carbocycles. The predicted molar refractivity (Wildman–Crippen MR) is 40.1 cm³/mol. The van der Waals surface area contributed by atoms with Crippen LogP contribution in [-0.4, -0.2) is 17.6 Å². The second-order valence-corrected chi connectivity index (χ2v) is 2.93. The third kappa shape index (κ3) is 2.12. The molecule has 0 amide bonds. The number of hydrogen-bond acceptors (Lipinski definition) is 3. The van der Waals surface area contributed by atoms with E-state index in [9.17, 15) is 4.79 Å². The van der Waals surface area contributed by atoms with Crippen LogP contribution in [0.4, 0.5) is 0 Å². The van der Waals surface area contributed by atoms with Gasteiger partial charge in [-0.25, -0.2) is 4.79 Å². The van der Waals surface area contributed by atoms with Crippen molar-refractivity contribution in [3.8, 4) is 0 Å². The van der Waals surface area contributed by atoms with Crippen molar-refractivity contribution >= 4 is 17.6 Å². The van der Waals surface area contributed by atoms with Crippen molar-refractivity contribution in [1.29, 1.82) is 0 Å². The summed E-state index contributed by atoms with van der Waals surface area (Å²) in [4.78, 5) is 10.8. The number of alkyl halides is 1. The molecule has 0 bridgehead atoms. The van der Waals surface area contributed by atoms with Crippen LogP contribution in [0.25, 0.3) is 0 Å². The standard InChI is InChI=1S/C7H9ClO3/c1-7(2)10-5(4-8)3-6(9)11-7/h3H,4H2,1-2H3. The van der Waals surface area contributed by atoms with Crippen molar-refractivity contribution in [3.05, 3.63) is 11.8 Å². The summed E-state index contributed by atoms with van der Waals surface area (Å²) in [5.41, 5.74) is 0. The molecule has 1 heterocycles. The minimum atomic E-state index is -0.879. The van der Waals surface area contributed by atoms with Crippen molar-refractivity contribution in [1.82, 2.24) is 0 Å². The number of carbonyl (C=O) groups excluding carboxylic acids is 1. The molecule has 4 heteroatoms. The van der Waals surface area contributed by atoms with Gasteiger partial charge in [-0.15, -0.1) is 11.6 Å². The average molecular weight is 177 g/mol. The molecule has 1 aliphatic rings. The maximum Gasteiger partial charge on any atom is 0.337 e. The molecule has 62 valence electrons. The second-order valence-electron chi connectivity index (χ2n) is 2.67. The Bertz CT molecular complexity index is 208. The van der Waals surface area contributed by atoms with Gasteiger partial charge in [0.1, 0.15) is 5.76 Å². The topological polar surface area (TPSA) is 35.5 Å². The largest absolute Gasteiger partial charge is 0.456 e. The first-order valence-corrected chi connectivity index (χ1v) is 3.75. The summed E-state index contributed by atoms with van der Waals surface area (Å²) in [6.07, 6.45) is 1.25. The van der Waals surface area contributed by atoms with Crippen LogP contribution in [0.2, 0.25) is 0 Å². The molecule has 0 unspecified atom stereocenters. The molecule has 3 nitrogen and oxygen atoms in total. The molecule has 0 N–H and O–H groups in total. The normalized spacial score (nSPS) is 21.7. The Morgan fingerprint density at radius 3 is 2.64 bits per heavy atom. The molecule has 0 fully saturated rings. The summed E-state index contributed by atoms with van der Waals surface area (Å²) in [5.74, 6) is -0.640. The molecule has 0 aliphatic carbocycles. The van der Waals surface area contributed by atoms with Crippen molar-refractivity contribution in [2.75, 3.05) is 5.88 Å². The Morgan fingerprint density at radius 2 is 2.18 bits per heavy atom. The first-order valence-electron chi connectivity index (χ1n) is 3.22. The van der Waals surface area contributed by atoms with Gasteiger partial charge in [0, 0.05) is 13.8 Å². The first kappa shape index (κ1) is 8.40. The Kier molecular flexibility index (Phi) is 2.09. The summed E-state index contributed by atoms with van der Waals surface area (Å²) in [5, 5.41) is 0. The Labute approximate surface area is 69.9 Å². The first-order chi connectivity index (χ1) is 5.03. The molecule has 0 aromatic heterocycles. The van der Waals surface area contributed by atoms with E-state index in [2.05, 4.69) is 0 Å². The van der Waals surface area contributed by atoms with Crippen LogP contribution in [-0.2, 0) is 14.3 Å². The number of allylic oxidation sites excluding steroid dienone is 1. The lowest BCUT2D eigenvalue weighted by molar-refractivity contribution is -0.204. The zero-order chi connectivity index (χ0) is 8.48.